The Balaban J connectivity index is 1.14. The maximum absolute atomic E-state index is 14.5. The van der Waals surface area contributed by atoms with Gasteiger partial charge in [0.25, 0.3) is 0 Å². The lowest BCUT2D eigenvalue weighted by Gasteiger charge is -2.28. The maximum atomic E-state index is 14.5. The van der Waals surface area contributed by atoms with Crippen LogP contribution >= 0.6 is 0 Å². The third kappa shape index (κ3) is 5.09. The predicted molar refractivity (Wildman–Crippen MR) is 128 cm³/mol. The predicted octanol–water partition coefficient (Wildman–Crippen LogP) is 5.73. The Bertz CT molecular complexity index is 1090. The van der Waals surface area contributed by atoms with Crippen molar-refractivity contribution >= 4 is 5.82 Å². The average Bonchev–Trinajstić information content (AvgIpc) is 3.54. The number of likely N-dealkylation sites (tertiary alicyclic amines) is 1. The van der Waals surface area contributed by atoms with Gasteiger partial charge in [0.05, 0.1) is 5.69 Å². The van der Waals surface area contributed by atoms with Crippen molar-refractivity contribution in [3.8, 4) is 11.3 Å². The smallest absolute Gasteiger partial charge is 0.381 e. The monoisotopic (exact) mass is 504 g/mol. The molecule has 9 heteroatoms. The van der Waals surface area contributed by atoms with Gasteiger partial charge in [-0.15, -0.1) is 10.2 Å². The van der Waals surface area contributed by atoms with Crippen molar-refractivity contribution in [3.63, 3.8) is 0 Å². The first kappa shape index (κ1) is 24.1. The highest BCUT2D eigenvalue weighted by molar-refractivity contribution is 5.64. The van der Waals surface area contributed by atoms with Crippen LogP contribution in [0, 0.1) is 23.6 Å². The van der Waals surface area contributed by atoms with Gasteiger partial charge < -0.3 is 15.0 Å². The highest BCUT2D eigenvalue weighted by atomic mass is 19.4. The van der Waals surface area contributed by atoms with Gasteiger partial charge in [0.1, 0.15) is 11.4 Å². The Kier molecular flexibility index (Phi) is 6.40. The Morgan fingerprint density at radius 2 is 1.69 bits per heavy atom. The number of alkyl halides is 3. The molecule has 1 N–H and O–H groups in total. The normalized spacial score (nSPS) is 27.4. The molecule has 3 heterocycles. The number of rotatable bonds is 6. The fourth-order valence-corrected chi connectivity index (χ4v) is 6.41. The second kappa shape index (κ2) is 9.56. The number of hydrogen-bond acceptors (Lipinski definition) is 5. The van der Waals surface area contributed by atoms with E-state index in [1.165, 1.54) is 6.07 Å². The molecule has 2 saturated carbocycles. The highest BCUT2D eigenvalue weighted by Crippen LogP contribution is 2.43. The van der Waals surface area contributed by atoms with E-state index in [9.17, 15) is 17.6 Å². The average molecular weight is 505 g/mol. The Morgan fingerprint density at radius 1 is 0.972 bits per heavy atom. The molecule has 0 amide bonds. The summed E-state index contributed by atoms with van der Waals surface area (Å²) in [6.45, 7) is 4.80. The molecule has 4 fully saturated rings. The lowest BCUT2D eigenvalue weighted by Crippen LogP contribution is -2.32. The van der Waals surface area contributed by atoms with Crippen molar-refractivity contribution in [3.05, 3.63) is 41.2 Å². The zero-order valence-corrected chi connectivity index (χ0v) is 20.2. The van der Waals surface area contributed by atoms with E-state index in [2.05, 4.69) is 20.4 Å². The van der Waals surface area contributed by atoms with E-state index in [4.69, 9.17) is 4.74 Å². The number of ether oxygens (including phenoxy) is 1. The number of nitrogens with zero attached hydrogens (tertiary/aromatic N) is 3. The van der Waals surface area contributed by atoms with E-state index in [1.54, 1.807) is 12.1 Å². The van der Waals surface area contributed by atoms with Gasteiger partial charge in [-0.25, -0.2) is 4.39 Å². The summed E-state index contributed by atoms with van der Waals surface area (Å²) in [7, 11) is 0. The number of halogens is 4. The van der Waals surface area contributed by atoms with Crippen LogP contribution in [-0.2, 0) is 10.9 Å². The summed E-state index contributed by atoms with van der Waals surface area (Å²) >= 11 is 0. The molecule has 194 valence electrons. The molecule has 5 nitrogen and oxygen atoms in total. The van der Waals surface area contributed by atoms with Gasteiger partial charge in [0.15, 0.2) is 5.82 Å². The number of hydrogen-bond donors (Lipinski definition) is 1. The van der Waals surface area contributed by atoms with Crippen LogP contribution < -0.4 is 5.32 Å². The fraction of sp³-hybridized carbons (Fsp3) is 0.630. The molecule has 36 heavy (non-hydrogen) atoms. The molecular formula is C27H32F4N4O. The summed E-state index contributed by atoms with van der Waals surface area (Å²) in [6, 6.07) is 5.50. The van der Waals surface area contributed by atoms with Gasteiger partial charge in [0.2, 0.25) is 0 Å². The number of aromatic nitrogens is 2. The molecule has 2 aliphatic carbocycles. The van der Waals surface area contributed by atoms with Crippen molar-refractivity contribution in [2.24, 2.45) is 17.8 Å². The van der Waals surface area contributed by atoms with Gasteiger partial charge in [-0.05, 0) is 86.0 Å². The molecule has 4 aliphatic rings. The van der Waals surface area contributed by atoms with Gasteiger partial charge in [0, 0.05) is 44.5 Å². The van der Waals surface area contributed by atoms with Crippen LogP contribution in [0.1, 0.15) is 55.6 Å². The van der Waals surface area contributed by atoms with Crippen LogP contribution in [0.25, 0.3) is 11.3 Å². The first-order valence-electron chi connectivity index (χ1n) is 13.1. The molecular weight excluding hydrogens is 472 g/mol. The summed E-state index contributed by atoms with van der Waals surface area (Å²) < 4.78 is 62.1. The first-order chi connectivity index (χ1) is 17.3. The zero-order valence-electron chi connectivity index (χ0n) is 20.2. The Labute approximate surface area is 208 Å². The van der Waals surface area contributed by atoms with Crippen LogP contribution in [0.4, 0.5) is 23.4 Å². The number of benzene rings is 1. The number of nitrogens with one attached hydrogen (secondary N) is 1. The van der Waals surface area contributed by atoms with E-state index in [1.807, 2.05) is 0 Å². The molecule has 0 radical (unpaired) electrons. The molecule has 6 rings (SSSR count). The second-order valence-electron chi connectivity index (χ2n) is 11.1. The molecule has 0 spiro atoms. The lowest BCUT2D eigenvalue weighted by atomic mass is 10.00. The maximum Gasteiger partial charge on any atom is 0.420 e. The molecule has 1 aromatic carbocycles. The third-order valence-electron chi connectivity index (χ3n) is 8.44. The van der Waals surface area contributed by atoms with Gasteiger partial charge in [-0.2, -0.15) is 13.2 Å². The van der Waals surface area contributed by atoms with Gasteiger partial charge in [-0.1, -0.05) is 6.07 Å². The standard InChI is InChI=1S/C27H32F4N4O/c28-24-4-3-18(17-1-2-17)11-22(24)25-12-23(27(29,30)31)26(34-33-25)32-21-9-19-14-35(15-20(19)10-21)13-16-5-7-36-8-6-16/h3-4,11-12,16-17,19-21H,1-2,5-10,13-15H2,(H,32,34). The van der Waals surface area contributed by atoms with E-state index < -0.39 is 17.6 Å². The molecule has 1 aromatic heterocycles. The molecule has 2 saturated heterocycles. The first-order valence-corrected chi connectivity index (χ1v) is 13.1. The summed E-state index contributed by atoms with van der Waals surface area (Å²) in [5, 5.41) is 11.0. The fourth-order valence-electron chi connectivity index (χ4n) is 6.41. The second-order valence-corrected chi connectivity index (χ2v) is 11.1. The largest absolute Gasteiger partial charge is 0.420 e. The van der Waals surface area contributed by atoms with Crippen LogP contribution in [0.2, 0.25) is 0 Å². The SMILES string of the molecule is Fc1ccc(C2CC2)cc1-c1cc(C(F)(F)F)c(NC2CC3CN(CC4CCOCC4)CC3C2)nn1. The zero-order chi connectivity index (χ0) is 24.9. The van der Waals surface area contributed by atoms with Crippen molar-refractivity contribution in [1.29, 1.82) is 0 Å². The summed E-state index contributed by atoms with van der Waals surface area (Å²) in [4.78, 5) is 2.53. The van der Waals surface area contributed by atoms with Crippen LogP contribution in [0.15, 0.2) is 24.3 Å². The molecule has 2 unspecified atom stereocenters. The van der Waals surface area contributed by atoms with E-state index in [-0.39, 0.29) is 23.1 Å². The van der Waals surface area contributed by atoms with E-state index in [0.29, 0.717) is 23.7 Å². The topological polar surface area (TPSA) is 50.3 Å². The quantitative estimate of drug-likeness (QED) is 0.510. The van der Waals surface area contributed by atoms with Crippen molar-refractivity contribution in [1.82, 2.24) is 15.1 Å². The summed E-state index contributed by atoms with van der Waals surface area (Å²) in [5.74, 6) is 1.18. The van der Waals surface area contributed by atoms with Crippen molar-refractivity contribution < 1.29 is 22.3 Å². The van der Waals surface area contributed by atoms with Crippen molar-refractivity contribution in [2.45, 2.75) is 56.7 Å². The third-order valence-corrected chi connectivity index (χ3v) is 8.44. The molecule has 2 aromatic rings. The number of fused-ring (bicyclic) bond motifs is 1. The molecule has 2 atom stereocenters. The Hall–Kier alpha value is -2.26. The minimum Gasteiger partial charge on any atom is -0.381 e. The lowest BCUT2D eigenvalue weighted by molar-refractivity contribution is -0.137. The summed E-state index contributed by atoms with van der Waals surface area (Å²) in [5.41, 5.74) is 0.0399. The minimum atomic E-state index is -4.62. The molecule has 2 aliphatic heterocycles. The van der Waals surface area contributed by atoms with Crippen LogP contribution in [-0.4, -0.2) is 54.0 Å². The Morgan fingerprint density at radius 3 is 2.36 bits per heavy atom. The minimum absolute atomic E-state index is 0.0681. The highest BCUT2D eigenvalue weighted by Gasteiger charge is 2.43. The summed E-state index contributed by atoms with van der Waals surface area (Å²) in [6.07, 6.45) is 1.29. The van der Waals surface area contributed by atoms with Gasteiger partial charge in [-0.3, -0.25) is 0 Å². The van der Waals surface area contributed by atoms with Crippen LogP contribution in [0.5, 0.6) is 0 Å². The van der Waals surface area contributed by atoms with E-state index >= 15 is 0 Å². The number of anilines is 1. The van der Waals surface area contributed by atoms with Gasteiger partial charge >= 0.3 is 6.18 Å². The van der Waals surface area contributed by atoms with E-state index in [0.717, 1.165) is 83.0 Å². The van der Waals surface area contributed by atoms with Crippen LogP contribution in [0.3, 0.4) is 0 Å². The van der Waals surface area contributed by atoms with Crippen molar-refractivity contribution in [2.75, 3.05) is 38.2 Å². The molecule has 0 bridgehead atoms.